The van der Waals surface area contributed by atoms with Crippen LogP contribution in [0.1, 0.15) is 11.5 Å². The predicted molar refractivity (Wildman–Crippen MR) is 68.1 cm³/mol. The molecule has 0 aromatic heterocycles. The lowest BCUT2D eigenvalue weighted by Gasteiger charge is -1.97. The molecule has 1 aliphatic carbocycles. The summed E-state index contributed by atoms with van der Waals surface area (Å²) in [6.45, 7) is 0. The number of rotatable bonds is 3. The molecular weight excluding hydrogens is 242 g/mol. The quantitative estimate of drug-likeness (QED) is 0.822. The van der Waals surface area contributed by atoms with Crippen molar-refractivity contribution in [2.45, 2.75) is 11.2 Å². The first-order valence-electron chi connectivity index (χ1n) is 4.96. The number of nitrogens with two attached hydrogens (primary N) is 1. The summed E-state index contributed by atoms with van der Waals surface area (Å²) in [5.41, 5.74) is 6.58. The largest absolute Gasteiger partial charge is 0.393 e. The Bertz CT molecular complexity index is 510. The Morgan fingerprint density at radius 2 is 1.88 bits per heavy atom. The van der Waals surface area contributed by atoms with Crippen molar-refractivity contribution in [3.8, 4) is 0 Å². The van der Waals surface area contributed by atoms with Gasteiger partial charge in [-0.1, -0.05) is 42.5 Å². The molecule has 1 aromatic rings. The lowest BCUT2D eigenvalue weighted by atomic mass is 10.1. The highest BCUT2D eigenvalue weighted by atomic mass is 32.2. The van der Waals surface area contributed by atoms with E-state index in [4.69, 9.17) is 18.0 Å². The molecule has 0 unspecified atom stereocenters. The molecule has 3 nitrogen and oxygen atoms in total. The summed E-state index contributed by atoms with van der Waals surface area (Å²) in [6.07, 6.45) is 1.24. The van der Waals surface area contributed by atoms with Gasteiger partial charge in [0.2, 0.25) is 0 Å². The van der Waals surface area contributed by atoms with Crippen LogP contribution in [0.2, 0.25) is 0 Å². The van der Waals surface area contributed by atoms with E-state index in [0.29, 0.717) is 4.99 Å². The molecule has 5 heteroatoms. The third-order valence-corrected chi connectivity index (χ3v) is 4.81. The summed E-state index contributed by atoms with van der Waals surface area (Å²) in [5.74, 6) is -0.263. The van der Waals surface area contributed by atoms with Crippen LogP contribution in [0, 0.1) is 5.92 Å². The summed E-state index contributed by atoms with van der Waals surface area (Å²) in [5, 5.41) is -0.438. The van der Waals surface area contributed by atoms with Crippen molar-refractivity contribution < 1.29 is 8.42 Å². The van der Waals surface area contributed by atoms with Gasteiger partial charge in [0.15, 0.2) is 9.84 Å². The summed E-state index contributed by atoms with van der Waals surface area (Å²) in [4.78, 5) is 0.296. The molecule has 0 saturated heterocycles. The van der Waals surface area contributed by atoms with Gasteiger partial charge in [0.25, 0.3) is 0 Å². The zero-order valence-electron chi connectivity index (χ0n) is 8.83. The van der Waals surface area contributed by atoms with Gasteiger partial charge < -0.3 is 5.73 Å². The van der Waals surface area contributed by atoms with Crippen LogP contribution in [0.15, 0.2) is 30.3 Å². The van der Waals surface area contributed by atoms with Gasteiger partial charge in [-0.3, -0.25) is 0 Å². The van der Waals surface area contributed by atoms with Gasteiger partial charge in [0, 0.05) is 18.1 Å². The summed E-state index contributed by atoms with van der Waals surface area (Å²) >= 11 is 4.92. The minimum atomic E-state index is -3.09. The topological polar surface area (TPSA) is 60.2 Å². The molecular formula is C11H13NO2S2. The normalized spacial score (nSPS) is 28.7. The van der Waals surface area contributed by atoms with Crippen LogP contribution in [0.4, 0.5) is 0 Å². The number of hydrogen-bond donors (Lipinski definition) is 1. The summed E-state index contributed by atoms with van der Waals surface area (Å²) < 4.78 is 23.2. The first-order chi connectivity index (χ1) is 7.43. The van der Waals surface area contributed by atoms with Gasteiger partial charge in [0.1, 0.15) is 0 Å². The van der Waals surface area contributed by atoms with E-state index in [2.05, 4.69) is 0 Å². The molecule has 0 amide bonds. The van der Waals surface area contributed by atoms with Gasteiger partial charge >= 0.3 is 0 Å². The monoisotopic (exact) mass is 255 g/mol. The number of hydrogen-bond acceptors (Lipinski definition) is 3. The molecule has 2 rings (SSSR count). The average Bonchev–Trinajstić information content (AvgIpc) is 2.93. The van der Waals surface area contributed by atoms with Crippen LogP contribution < -0.4 is 5.73 Å². The summed E-state index contributed by atoms with van der Waals surface area (Å²) in [6, 6.07) is 9.52. The standard InChI is InChI=1S/C11H13NO2S2/c1-16(13,14)10-8(9(10)11(12)15)7-5-3-2-4-6-7/h2-6,8-10H,1H3,(H2,12,15)/t8-,9-,10+/m0/s1. The van der Waals surface area contributed by atoms with Crippen LogP contribution in [-0.2, 0) is 9.84 Å². The van der Waals surface area contributed by atoms with Crippen molar-refractivity contribution in [1.82, 2.24) is 0 Å². The third-order valence-electron chi connectivity index (χ3n) is 2.96. The fourth-order valence-electron chi connectivity index (χ4n) is 2.23. The van der Waals surface area contributed by atoms with E-state index in [0.717, 1.165) is 5.56 Å². The lowest BCUT2D eigenvalue weighted by Crippen LogP contribution is -2.16. The fourth-order valence-corrected chi connectivity index (χ4v) is 4.22. The maximum atomic E-state index is 11.6. The van der Waals surface area contributed by atoms with Crippen LogP contribution in [0.25, 0.3) is 0 Å². The highest BCUT2D eigenvalue weighted by molar-refractivity contribution is 7.91. The zero-order valence-corrected chi connectivity index (χ0v) is 10.5. The van der Waals surface area contributed by atoms with Crippen LogP contribution in [-0.4, -0.2) is 24.9 Å². The lowest BCUT2D eigenvalue weighted by molar-refractivity contribution is 0.599. The van der Waals surface area contributed by atoms with E-state index in [1.54, 1.807) is 0 Å². The SMILES string of the molecule is CS(=O)(=O)[C@H]1[C@@H](C(N)=S)[C@@H]1c1ccccc1. The molecule has 2 N–H and O–H groups in total. The van der Waals surface area contributed by atoms with Crippen molar-refractivity contribution in [3.63, 3.8) is 0 Å². The van der Waals surface area contributed by atoms with Crippen molar-refractivity contribution in [2.24, 2.45) is 11.7 Å². The van der Waals surface area contributed by atoms with Crippen LogP contribution in [0.3, 0.4) is 0 Å². The Kier molecular flexibility index (Phi) is 2.75. The average molecular weight is 255 g/mol. The Balaban J connectivity index is 2.34. The molecule has 16 heavy (non-hydrogen) atoms. The number of sulfone groups is 1. The van der Waals surface area contributed by atoms with E-state index in [1.165, 1.54) is 6.26 Å². The van der Waals surface area contributed by atoms with E-state index >= 15 is 0 Å². The summed E-state index contributed by atoms with van der Waals surface area (Å²) in [7, 11) is -3.09. The van der Waals surface area contributed by atoms with Crippen molar-refractivity contribution in [1.29, 1.82) is 0 Å². The maximum Gasteiger partial charge on any atom is 0.151 e. The Morgan fingerprint density at radius 3 is 2.25 bits per heavy atom. The van der Waals surface area contributed by atoms with Gasteiger partial charge in [-0.2, -0.15) is 0 Å². The second-order valence-corrected chi connectivity index (χ2v) is 6.83. The van der Waals surface area contributed by atoms with Gasteiger partial charge in [-0.15, -0.1) is 0 Å². The molecule has 1 saturated carbocycles. The Labute approximate surface area is 101 Å². The Morgan fingerprint density at radius 1 is 1.31 bits per heavy atom. The minimum Gasteiger partial charge on any atom is -0.393 e. The number of benzene rings is 1. The minimum absolute atomic E-state index is 0.0614. The predicted octanol–water partition coefficient (Wildman–Crippen LogP) is 1.10. The van der Waals surface area contributed by atoms with E-state index < -0.39 is 15.1 Å². The first kappa shape index (κ1) is 11.5. The first-order valence-corrected chi connectivity index (χ1v) is 7.32. The molecule has 0 spiro atoms. The smallest absolute Gasteiger partial charge is 0.151 e. The molecule has 1 aromatic carbocycles. The molecule has 0 aliphatic heterocycles. The van der Waals surface area contributed by atoms with Crippen LogP contribution >= 0.6 is 12.2 Å². The molecule has 1 aliphatic rings. The highest BCUT2D eigenvalue weighted by Crippen LogP contribution is 2.52. The molecule has 0 heterocycles. The molecule has 86 valence electrons. The van der Waals surface area contributed by atoms with Gasteiger partial charge in [-0.25, -0.2) is 8.42 Å². The maximum absolute atomic E-state index is 11.6. The fraction of sp³-hybridized carbons (Fsp3) is 0.364. The Hall–Kier alpha value is -0.940. The molecule has 3 atom stereocenters. The molecule has 1 fully saturated rings. The zero-order chi connectivity index (χ0) is 11.9. The van der Waals surface area contributed by atoms with E-state index in [9.17, 15) is 8.42 Å². The third kappa shape index (κ3) is 1.97. The number of thiocarbonyl (C=S) groups is 1. The van der Waals surface area contributed by atoms with E-state index in [1.807, 2.05) is 30.3 Å². The second-order valence-electron chi connectivity index (χ2n) is 4.16. The van der Waals surface area contributed by atoms with Crippen LogP contribution in [0.5, 0.6) is 0 Å². The highest BCUT2D eigenvalue weighted by Gasteiger charge is 2.58. The van der Waals surface area contributed by atoms with Crippen molar-refractivity contribution >= 4 is 27.0 Å². The molecule has 0 bridgehead atoms. The second kappa shape index (κ2) is 3.82. The van der Waals surface area contributed by atoms with Gasteiger partial charge in [-0.05, 0) is 5.56 Å². The van der Waals surface area contributed by atoms with E-state index in [-0.39, 0.29) is 11.8 Å². The van der Waals surface area contributed by atoms with Crippen molar-refractivity contribution in [3.05, 3.63) is 35.9 Å². The van der Waals surface area contributed by atoms with Crippen molar-refractivity contribution in [2.75, 3.05) is 6.26 Å². The molecule has 0 radical (unpaired) electrons. The van der Waals surface area contributed by atoms with Gasteiger partial charge in [0.05, 0.1) is 10.2 Å².